The molecule has 7 unspecified atom stereocenters. The van der Waals surface area contributed by atoms with E-state index < -0.39 is 59.7 Å². The van der Waals surface area contributed by atoms with Crippen LogP contribution in [0.5, 0.6) is 0 Å². The number of aliphatic carboxylic acids is 1. The van der Waals surface area contributed by atoms with Gasteiger partial charge >= 0.3 is 11.9 Å². The molecule has 0 amide bonds. The Labute approximate surface area is 212 Å². The van der Waals surface area contributed by atoms with E-state index in [1.165, 1.54) is 13.0 Å². The number of ketones is 2. The molecule has 0 aromatic rings. The number of esters is 1. The van der Waals surface area contributed by atoms with Gasteiger partial charge in [0.15, 0.2) is 11.6 Å². The lowest BCUT2D eigenvalue weighted by Gasteiger charge is -2.62. The van der Waals surface area contributed by atoms with Crippen LogP contribution in [0.25, 0.3) is 0 Å². The van der Waals surface area contributed by atoms with Crippen LogP contribution in [0.15, 0.2) is 11.6 Å². The monoisotopic (exact) mass is 504 g/mol. The fourth-order valence-corrected chi connectivity index (χ4v) is 8.78. The first-order valence-electron chi connectivity index (χ1n) is 13.1. The minimum Gasteiger partial charge on any atom is -0.481 e. The Balaban J connectivity index is 1.56. The van der Waals surface area contributed by atoms with Crippen molar-refractivity contribution in [3.8, 4) is 0 Å². The molecule has 8 heteroatoms. The fourth-order valence-electron chi connectivity index (χ4n) is 8.78. The van der Waals surface area contributed by atoms with Crippen LogP contribution in [0, 0.1) is 34.0 Å². The molecule has 0 aromatic heterocycles. The highest BCUT2D eigenvalue weighted by molar-refractivity contribution is 6.15. The van der Waals surface area contributed by atoms with Gasteiger partial charge in [-0.2, -0.15) is 0 Å². The van der Waals surface area contributed by atoms with Gasteiger partial charge in [-0.05, 0) is 67.8 Å². The van der Waals surface area contributed by atoms with E-state index in [1.807, 2.05) is 6.92 Å². The average Bonchev–Trinajstić information content (AvgIpc) is 2.98. The van der Waals surface area contributed by atoms with Crippen molar-refractivity contribution in [1.82, 2.24) is 0 Å². The van der Waals surface area contributed by atoms with Crippen LogP contribution in [0.1, 0.15) is 86.0 Å². The molecular formula is C28H40O8. The number of carbonyl (C=O) groups excluding carboxylic acids is 3. The van der Waals surface area contributed by atoms with Gasteiger partial charge in [-0.1, -0.05) is 34.1 Å². The molecule has 0 bridgehead atoms. The van der Waals surface area contributed by atoms with Crippen LogP contribution in [-0.2, 0) is 23.9 Å². The minimum atomic E-state index is -1.85. The summed E-state index contributed by atoms with van der Waals surface area (Å²) in [5.41, 5.74) is -4.39. The lowest BCUT2D eigenvalue weighted by atomic mass is 9.42. The summed E-state index contributed by atoms with van der Waals surface area (Å²) in [4.78, 5) is 50.2. The zero-order chi connectivity index (χ0) is 26.9. The Morgan fingerprint density at radius 1 is 1.08 bits per heavy atom. The van der Waals surface area contributed by atoms with Crippen LogP contribution in [-0.4, -0.2) is 56.6 Å². The summed E-state index contributed by atoms with van der Waals surface area (Å²) in [5.74, 6) is -3.34. The maximum atomic E-state index is 13.8. The Morgan fingerprint density at radius 3 is 2.39 bits per heavy atom. The lowest BCUT2D eigenvalue weighted by molar-refractivity contribution is -0.183. The van der Waals surface area contributed by atoms with Crippen LogP contribution in [0.3, 0.4) is 0 Å². The molecule has 3 fully saturated rings. The summed E-state index contributed by atoms with van der Waals surface area (Å²) in [6.07, 6.45) is 5.26. The molecule has 0 saturated heterocycles. The van der Waals surface area contributed by atoms with Gasteiger partial charge in [0.25, 0.3) is 0 Å². The fraction of sp³-hybridized carbons (Fsp3) is 0.786. The van der Waals surface area contributed by atoms with Crippen molar-refractivity contribution >= 4 is 23.5 Å². The largest absolute Gasteiger partial charge is 0.481 e. The van der Waals surface area contributed by atoms with Crippen molar-refractivity contribution in [2.45, 2.75) is 97.2 Å². The third-order valence-electron chi connectivity index (χ3n) is 10.4. The van der Waals surface area contributed by atoms with Crippen molar-refractivity contribution in [2.75, 3.05) is 6.61 Å². The number of hydrogen-bond acceptors (Lipinski definition) is 7. The summed E-state index contributed by atoms with van der Waals surface area (Å²) in [6, 6.07) is 0. The van der Waals surface area contributed by atoms with Crippen LogP contribution in [0.4, 0.5) is 0 Å². The third kappa shape index (κ3) is 3.95. The van der Waals surface area contributed by atoms with Crippen molar-refractivity contribution in [3.63, 3.8) is 0 Å². The minimum absolute atomic E-state index is 0.0210. The first-order valence-corrected chi connectivity index (χ1v) is 13.1. The molecule has 3 N–H and O–H groups in total. The Kier molecular flexibility index (Phi) is 6.36. The molecule has 200 valence electrons. The predicted octanol–water partition coefficient (Wildman–Crippen LogP) is 3.22. The molecule has 36 heavy (non-hydrogen) atoms. The number of fused-ring (bicyclic) bond motifs is 5. The number of carboxylic acids is 1. The van der Waals surface area contributed by atoms with Gasteiger partial charge in [0, 0.05) is 11.0 Å². The van der Waals surface area contributed by atoms with E-state index in [0.29, 0.717) is 18.8 Å². The second kappa shape index (κ2) is 8.48. The molecule has 0 aromatic carbocycles. The molecule has 7 atom stereocenters. The smallest absolute Gasteiger partial charge is 0.309 e. The van der Waals surface area contributed by atoms with E-state index in [0.717, 1.165) is 25.7 Å². The quantitative estimate of drug-likeness (QED) is 0.469. The number of rotatable bonds is 6. The molecule has 0 heterocycles. The van der Waals surface area contributed by atoms with E-state index in [2.05, 4.69) is 20.8 Å². The highest BCUT2D eigenvalue weighted by atomic mass is 16.5. The number of carbonyl (C=O) groups is 4. The molecular weight excluding hydrogens is 464 g/mol. The standard InChI is InChI=1S/C28H40O8/c1-24(2)8-6-9-26(4)19(24)7-10-27(5)20(26)12-17-18(29)11-16(23(33)28(17,27)35)15-36-22(32)14-25(3,34)13-21(30)31/h11,17,19-20,34-35H,6-10,12-15H2,1-5H3,(H,30,31). The zero-order valence-corrected chi connectivity index (χ0v) is 22.1. The summed E-state index contributed by atoms with van der Waals surface area (Å²) in [5, 5.41) is 31.1. The third-order valence-corrected chi connectivity index (χ3v) is 10.4. The molecule has 8 nitrogen and oxygen atoms in total. The number of carboxylic acid groups (broad SMARTS) is 1. The van der Waals surface area contributed by atoms with Gasteiger partial charge in [0.2, 0.25) is 0 Å². The molecule has 0 spiro atoms. The van der Waals surface area contributed by atoms with Gasteiger partial charge < -0.3 is 20.1 Å². The van der Waals surface area contributed by atoms with Gasteiger partial charge in [-0.25, -0.2) is 0 Å². The van der Waals surface area contributed by atoms with Gasteiger partial charge in [-0.15, -0.1) is 0 Å². The van der Waals surface area contributed by atoms with E-state index in [1.54, 1.807) is 0 Å². The second-order valence-electron chi connectivity index (χ2n) is 13.3. The van der Waals surface area contributed by atoms with E-state index in [4.69, 9.17) is 9.84 Å². The summed E-state index contributed by atoms with van der Waals surface area (Å²) >= 11 is 0. The van der Waals surface area contributed by atoms with E-state index >= 15 is 0 Å². The summed E-state index contributed by atoms with van der Waals surface area (Å²) in [7, 11) is 0. The normalized spacial score (nSPS) is 40.9. The molecule has 0 radical (unpaired) electrons. The van der Waals surface area contributed by atoms with E-state index in [-0.39, 0.29) is 28.1 Å². The van der Waals surface area contributed by atoms with Gasteiger partial charge in [-0.3, -0.25) is 19.2 Å². The number of ether oxygens (including phenoxy) is 1. The SMILES string of the molecule is CC(O)(CC(=O)O)CC(=O)OCC1=CC(=O)C2CC3C4(C)CCCC(C)(C)C4CCC3(C)C2(O)C1=O. The molecule has 3 saturated carbocycles. The van der Waals surface area contributed by atoms with Crippen molar-refractivity contribution in [2.24, 2.45) is 34.0 Å². The average molecular weight is 505 g/mol. The lowest BCUT2D eigenvalue weighted by Crippen LogP contribution is -2.63. The summed E-state index contributed by atoms with van der Waals surface area (Å²) < 4.78 is 5.17. The van der Waals surface area contributed by atoms with Crippen molar-refractivity contribution in [3.05, 3.63) is 11.6 Å². The first-order chi connectivity index (χ1) is 16.5. The number of allylic oxidation sites excluding steroid dienone is 1. The Bertz CT molecular complexity index is 1020. The zero-order valence-electron chi connectivity index (χ0n) is 22.1. The maximum Gasteiger partial charge on any atom is 0.309 e. The van der Waals surface area contributed by atoms with Gasteiger partial charge in [0.05, 0.1) is 24.4 Å². The van der Waals surface area contributed by atoms with Crippen molar-refractivity contribution in [1.29, 1.82) is 0 Å². The van der Waals surface area contributed by atoms with Crippen LogP contribution < -0.4 is 0 Å². The van der Waals surface area contributed by atoms with Crippen LogP contribution >= 0.6 is 0 Å². The van der Waals surface area contributed by atoms with E-state index in [9.17, 15) is 29.4 Å². The molecule has 4 rings (SSSR count). The highest BCUT2D eigenvalue weighted by Gasteiger charge is 2.74. The highest BCUT2D eigenvalue weighted by Crippen LogP contribution is 2.72. The molecule has 0 aliphatic heterocycles. The first kappa shape index (κ1) is 27.0. The Hall–Kier alpha value is -2.06. The number of Topliss-reactive ketones (excluding diaryl/α,β-unsaturated/α-hetero) is 1. The number of hydrogen-bond donors (Lipinski definition) is 3. The molecule has 4 aliphatic rings. The Morgan fingerprint density at radius 2 is 1.75 bits per heavy atom. The van der Waals surface area contributed by atoms with Crippen molar-refractivity contribution < 1.29 is 39.2 Å². The topological polar surface area (TPSA) is 138 Å². The maximum absolute atomic E-state index is 13.8. The van der Waals surface area contributed by atoms with Crippen LogP contribution in [0.2, 0.25) is 0 Å². The van der Waals surface area contributed by atoms with Gasteiger partial charge in [0.1, 0.15) is 12.2 Å². The molecule has 4 aliphatic carbocycles. The summed E-state index contributed by atoms with van der Waals surface area (Å²) in [6.45, 7) is 9.58. The second-order valence-corrected chi connectivity index (χ2v) is 13.3. The predicted molar refractivity (Wildman–Crippen MR) is 130 cm³/mol. The number of aliphatic hydroxyl groups is 2.